The van der Waals surface area contributed by atoms with Crippen LogP contribution in [0, 0.1) is 5.92 Å². The summed E-state index contributed by atoms with van der Waals surface area (Å²) in [7, 11) is 0. The van der Waals surface area contributed by atoms with Crippen molar-refractivity contribution < 1.29 is 0 Å². The van der Waals surface area contributed by atoms with E-state index in [1.807, 2.05) is 11.8 Å². The Morgan fingerprint density at radius 3 is 2.82 bits per heavy atom. The molecule has 0 aliphatic heterocycles. The monoisotopic (exact) mass is 173 g/mol. The van der Waals surface area contributed by atoms with Crippen LogP contribution >= 0.6 is 11.8 Å². The summed E-state index contributed by atoms with van der Waals surface area (Å²) in [6, 6.07) is 0. The minimum Gasteiger partial charge on any atom is -0.325 e. The second kappa shape index (κ2) is 3.81. The van der Waals surface area contributed by atoms with Gasteiger partial charge in [0, 0.05) is 5.54 Å². The summed E-state index contributed by atoms with van der Waals surface area (Å²) in [5.74, 6) is 2.09. The van der Waals surface area contributed by atoms with Gasteiger partial charge in [0.1, 0.15) is 0 Å². The van der Waals surface area contributed by atoms with Crippen LogP contribution in [0.25, 0.3) is 0 Å². The fourth-order valence-electron chi connectivity index (χ4n) is 1.96. The predicted octanol–water partition coefficient (Wildman–Crippen LogP) is 2.26. The zero-order chi connectivity index (χ0) is 8.32. The van der Waals surface area contributed by atoms with Gasteiger partial charge in [-0.1, -0.05) is 6.92 Å². The molecule has 1 nitrogen and oxygen atoms in total. The first-order valence-corrected chi connectivity index (χ1v) is 5.83. The summed E-state index contributed by atoms with van der Waals surface area (Å²) >= 11 is 1.91. The van der Waals surface area contributed by atoms with E-state index in [2.05, 4.69) is 13.2 Å². The highest BCUT2D eigenvalue weighted by atomic mass is 32.2. The van der Waals surface area contributed by atoms with E-state index in [4.69, 9.17) is 5.73 Å². The first-order chi connectivity index (χ1) is 5.16. The van der Waals surface area contributed by atoms with Crippen LogP contribution < -0.4 is 5.73 Å². The van der Waals surface area contributed by atoms with E-state index in [0.717, 1.165) is 5.92 Å². The summed E-state index contributed by atoms with van der Waals surface area (Å²) in [6.07, 6.45) is 7.19. The van der Waals surface area contributed by atoms with Crippen molar-refractivity contribution in [3.05, 3.63) is 0 Å². The van der Waals surface area contributed by atoms with Crippen molar-refractivity contribution in [2.24, 2.45) is 11.7 Å². The zero-order valence-electron chi connectivity index (χ0n) is 7.60. The number of hydrogen-bond donors (Lipinski definition) is 1. The molecule has 2 atom stereocenters. The van der Waals surface area contributed by atoms with Crippen molar-refractivity contribution >= 4 is 11.8 Å². The van der Waals surface area contributed by atoms with Crippen LogP contribution in [0.5, 0.6) is 0 Å². The third-order valence-electron chi connectivity index (χ3n) is 2.69. The molecule has 66 valence electrons. The van der Waals surface area contributed by atoms with Gasteiger partial charge in [-0.15, -0.1) is 0 Å². The Morgan fingerprint density at radius 1 is 1.64 bits per heavy atom. The fourth-order valence-corrected chi connectivity index (χ4v) is 2.58. The highest BCUT2D eigenvalue weighted by Gasteiger charge is 2.32. The Hall–Kier alpha value is 0.310. The lowest BCUT2D eigenvalue weighted by Gasteiger charge is -2.23. The average Bonchev–Trinajstić information content (AvgIpc) is 2.28. The molecule has 0 saturated heterocycles. The Morgan fingerprint density at radius 2 is 2.36 bits per heavy atom. The molecule has 0 radical (unpaired) electrons. The number of hydrogen-bond acceptors (Lipinski definition) is 2. The molecule has 0 heterocycles. The number of nitrogens with two attached hydrogens (primary N) is 1. The van der Waals surface area contributed by atoms with E-state index >= 15 is 0 Å². The van der Waals surface area contributed by atoms with Gasteiger partial charge in [0.25, 0.3) is 0 Å². The predicted molar refractivity (Wildman–Crippen MR) is 52.9 cm³/mol. The van der Waals surface area contributed by atoms with Gasteiger partial charge in [-0.2, -0.15) is 11.8 Å². The van der Waals surface area contributed by atoms with E-state index in [-0.39, 0.29) is 5.54 Å². The van der Waals surface area contributed by atoms with Crippen LogP contribution in [0.2, 0.25) is 0 Å². The minimum absolute atomic E-state index is 0.197. The Kier molecular flexibility index (Phi) is 3.26. The normalized spacial score (nSPS) is 37.9. The summed E-state index contributed by atoms with van der Waals surface area (Å²) in [5.41, 5.74) is 6.42. The van der Waals surface area contributed by atoms with E-state index in [0.29, 0.717) is 0 Å². The molecule has 1 fully saturated rings. The Labute approximate surface area is 74.1 Å². The molecule has 0 aromatic carbocycles. The van der Waals surface area contributed by atoms with Crippen molar-refractivity contribution in [2.75, 3.05) is 12.0 Å². The van der Waals surface area contributed by atoms with Gasteiger partial charge in [0.15, 0.2) is 0 Å². The number of thioether (sulfide) groups is 1. The van der Waals surface area contributed by atoms with Crippen LogP contribution in [0.4, 0.5) is 0 Å². The van der Waals surface area contributed by atoms with E-state index in [1.54, 1.807) is 0 Å². The van der Waals surface area contributed by atoms with Crippen LogP contribution in [0.3, 0.4) is 0 Å². The van der Waals surface area contributed by atoms with Crippen molar-refractivity contribution in [3.63, 3.8) is 0 Å². The topological polar surface area (TPSA) is 26.0 Å². The van der Waals surface area contributed by atoms with Crippen molar-refractivity contribution in [1.82, 2.24) is 0 Å². The van der Waals surface area contributed by atoms with Gasteiger partial charge in [0.2, 0.25) is 0 Å². The summed E-state index contributed by atoms with van der Waals surface area (Å²) < 4.78 is 0. The van der Waals surface area contributed by atoms with Gasteiger partial charge in [-0.05, 0) is 43.6 Å². The highest BCUT2D eigenvalue weighted by molar-refractivity contribution is 7.98. The van der Waals surface area contributed by atoms with Crippen molar-refractivity contribution in [3.8, 4) is 0 Å². The maximum atomic E-state index is 6.22. The highest BCUT2D eigenvalue weighted by Crippen LogP contribution is 2.34. The van der Waals surface area contributed by atoms with Crippen molar-refractivity contribution in [1.29, 1.82) is 0 Å². The lowest BCUT2D eigenvalue weighted by molar-refractivity contribution is 0.411. The second-order valence-corrected chi connectivity index (χ2v) is 4.94. The molecule has 0 spiro atoms. The molecule has 2 heteroatoms. The maximum Gasteiger partial charge on any atom is 0.0164 e. The molecule has 0 aromatic rings. The first kappa shape index (κ1) is 9.40. The lowest BCUT2D eigenvalue weighted by atomic mass is 9.95. The zero-order valence-corrected chi connectivity index (χ0v) is 8.41. The van der Waals surface area contributed by atoms with E-state index < -0.39 is 0 Å². The molecule has 1 aliphatic rings. The molecule has 0 aromatic heterocycles. The lowest BCUT2D eigenvalue weighted by Crippen LogP contribution is -2.37. The molecular weight excluding hydrogens is 154 g/mol. The third-order valence-corrected chi connectivity index (χ3v) is 3.31. The quantitative estimate of drug-likeness (QED) is 0.708. The molecule has 0 amide bonds. The molecule has 1 saturated carbocycles. The standard InChI is InChI=1S/C9H19NS/c1-8-3-4-9(10,7-8)5-6-11-2/h8H,3-7,10H2,1-2H3. The molecule has 2 unspecified atom stereocenters. The first-order valence-electron chi connectivity index (χ1n) is 4.44. The maximum absolute atomic E-state index is 6.22. The molecule has 0 bridgehead atoms. The minimum atomic E-state index is 0.197. The smallest absolute Gasteiger partial charge is 0.0164 e. The fraction of sp³-hybridized carbons (Fsp3) is 1.00. The van der Waals surface area contributed by atoms with E-state index in [9.17, 15) is 0 Å². The van der Waals surface area contributed by atoms with Gasteiger partial charge >= 0.3 is 0 Å². The summed E-state index contributed by atoms with van der Waals surface area (Å²) in [5, 5.41) is 0. The molecular formula is C9H19NS. The van der Waals surface area contributed by atoms with Crippen molar-refractivity contribution in [2.45, 2.75) is 38.1 Å². The SMILES string of the molecule is CSCCC1(N)CCC(C)C1. The average molecular weight is 173 g/mol. The van der Waals surface area contributed by atoms with Gasteiger partial charge in [0.05, 0.1) is 0 Å². The Bertz CT molecular complexity index is 127. The van der Waals surface area contributed by atoms with Gasteiger partial charge in [-0.3, -0.25) is 0 Å². The van der Waals surface area contributed by atoms with Crippen LogP contribution in [-0.2, 0) is 0 Å². The number of rotatable bonds is 3. The largest absolute Gasteiger partial charge is 0.325 e. The van der Waals surface area contributed by atoms with Crippen LogP contribution in [0.1, 0.15) is 32.6 Å². The van der Waals surface area contributed by atoms with Gasteiger partial charge < -0.3 is 5.73 Å². The summed E-state index contributed by atoms with van der Waals surface area (Å²) in [6.45, 7) is 2.31. The molecule has 11 heavy (non-hydrogen) atoms. The molecule has 2 N–H and O–H groups in total. The van der Waals surface area contributed by atoms with E-state index in [1.165, 1.54) is 31.4 Å². The van der Waals surface area contributed by atoms with Crippen LogP contribution in [-0.4, -0.2) is 17.5 Å². The van der Waals surface area contributed by atoms with Crippen LogP contribution in [0.15, 0.2) is 0 Å². The van der Waals surface area contributed by atoms with Gasteiger partial charge in [-0.25, -0.2) is 0 Å². The molecule has 1 rings (SSSR count). The summed E-state index contributed by atoms with van der Waals surface area (Å²) in [4.78, 5) is 0. The Balaban J connectivity index is 2.29. The second-order valence-electron chi connectivity index (χ2n) is 3.95. The third kappa shape index (κ3) is 2.68. The molecule has 1 aliphatic carbocycles.